The summed E-state index contributed by atoms with van der Waals surface area (Å²) in [6, 6.07) is 8.38. The first-order valence-electron chi connectivity index (χ1n) is 4.75. The number of benzene rings is 1. The third-order valence-electron chi connectivity index (χ3n) is 2.08. The second kappa shape index (κ2) is 5.79. The van der Waals surface area contributed by atoms with Crippen LogP contribution in [-0.4, -0.2) is 11.8 Å². The Hall–Kier alpha value is 0.01000. The Kier molecular flexibility index (Phi) is 4.99. The Balaban J connectivity index is 2.63. The maximum Gasteiger partial charge on any atom is 0.0240 e. The number of halogens is 1. The zero-order valence-corrected chi connectivity index (χ0v) is 10.9. The lowest BCUT2D eigenvalue weighted by molar-refractivity contribution is 0.613. The molecular formula is C11H16BrNS. The van der Waals surface area contributed by atoms with Crippen LogP contribution in [0.2, 0.25) is 0 Å². The monoisotopic (exact) mass is 273 g/mol. The summed E-state index contributed by atoms with van der Waals surface area (Å²) in [5.74, 6) is 0.619. The van der Waals surface area contributed by atoms with Crippen molar-refractivity contribution in [1.29, 1.82) is 0 Å². The van der Waals surface area contributed by atoms with Gasteiger partial charge in [0.2, 0.25) is 0 Å². The molecule has 3 heteroatoms. The Morgan fingerprint density at radius 2 is 1.86 bits per heavy atom. The van der Waals surface area contributed by atoms with E-state index in [4.69, 9.17) is 5.73 Å². The van der Waals surface area contributed by atoms with Crippen LogP contribution in [0.1, 0.15) is 13.8 Å². The van der Waals surface area contributed by atoms with E-state index in [9.17, 15) is 0 Å². The van der Waals surface area contributed by atoms with Gasteiger partial charge in [0, 0.05) is 21.2 Å². The molecule has 1 nitrogen and oxygen atoms in total. The first kappa shape index (κ1) is 12.1. The second-order valence-electron chi connectivity index (χ2n) is 3.59. The highest BCUT2D eigenvalue weighted by molar-refractivity contribution is 9.10. The minimum atomic E-state index is 0.510. The van der Waals surface area contributed by atoms with Crippen LogP contribution in [0.4, 0.5) is 0 Å². The van der Waals surface area contributed by atoms with E-state index in [1.807, 2.05) is 11.8 Å². The lowest BCUT2D eigenvalue weighted by Crippen LogP contribution is -2.22. The highest BCUT2D eigenvalue weighted by atomic mass is 79.9. The summed E-state index contributed by atoms with van der Waals surface area (Å²) in [7, 11) is 0. The van der Waals surface area contributed by atoms with E-state index in [2.05, 4.69) is 54.0 Å². The smallest absolute Gasteiger partial charge is 0.0240 e. The van der Waals surface area contributed by atoms with Gasteiger partial charge in [0.25, 0.3) is 0 Å². The van der Waals surface area contributed by atoms with E-state index < -0.39 is 0 Å². The van der Waals surface area contributed by atoms with Gasteiger partial charge in [-0.05, 0) is 30.2 Å². The first-order valence-corrected chi connectivity index (χ1v) is 6.43. The molecule has 1 atom stereocenters. The normalized spacial score (nSPS) is 13.2. The van der Waals surface area contributed by atoms with Crippen molar-refractivity contribution in [2.75, 3.05) is 6.54 Å². The fourth-order valence-corrected chi connectivity index (χ4v) is 2.42. The van der Waals surface area contributed by atoms with Crippen LogP contribution >= 0.6 is 27.7 Å². The molecule has 0 aromatic heterocycles. The molecule has 0 radical (unpaired) electrons. The molecule has 0 saturated heterocycles. The fourth-order valence-electron chi connectivity index (χ4n) is 1.14. The summed E-state index contributed by atoms with van der Waals surface area (Å²) < 4.78 is 1.12. The molecule has 0 heterocycles. The number of hydrogen-bond donors (Lipinski definition) is 1. The van der Waals surface area contributed by atoms with E-state index in [0.717, 1.165) is 11.0 Å². The van der Waals surface area contributed by atoms with Gasteiger partial charge in [-0.25, -0.2) is 0 Å². The molecule has 2 N–H and O–H groups in total. The maximum atomic E-state index is 5.72. The van der Waals surface area contributed by atoms with Crippen molar-refractivity contribution >= 4 is 27.7 Å². The van der Waals surface area contributed by atoms with Crippen LogP contribution in [0.5, 0.6) is 0 Å². The van der Waals surface area contributed by atoms with Crippen molar-refractivity contribution in [3.8, 4) is 0 Å². The Morgan fingerprint density at radius 3 is 2.29 bits per heavy atom. The quantitative estimate of drug-likeness (QED) is 0.850. The third-order valence-corrected chi connectivity index (χ3v) is 4.19. The first-order chi connectivity index (χ1) is 6.63. The number of hydrogen-bond acceptors (Lipinski definition) is 2. The molecule has 0 bridgehead atoms. The molecule has 0 amide bonds. The van der Waals surface area contributed by atoms with Gasteiger partial charge in [-0.2, -0.15) is 0 Å². The minimum Gasteiger partial charge on any atom is -0.329 e. The minimum absolute atomic E-state index is 0.510. The topological polar surface area (TPSA) is 26.0 Å². The van der Waals surface area contributed by atoms with Crippen LogP contribution in [0.3, 0.4) is 0 Å². The Morgan fingerprint density at radius 1 is 1.29 bits per heavy atom. The average molecular weight is 274 g/mol. The van der Waals surface area contributed by atoms with Crippen molar-refractivity contribution in [3.05, 3.63) is 28.7 Å². The standard InChI is InChI=1S/C11H16BrNS/c1-8(2)11(7-13)14-10-5-3-9(12)4-6-10/h3-6,8,11H,7,13H2,1-2H3. The van der Waals surface area contributed by atoms with Crippen LogP contribution < -0.4 is 5.73 Å². The van der Waals surface area contributed by atoms with Crippen molar-refractivity contribution in [2.45, 2.75) is 24.0 Å². The van der Waals surface area contributed by atoms with Gasteiger partial charge < -0.3 is 5.73 Å². The predicted octanol–water partition coefficient (Wildman–Crippen LogP) is 3.52. The largest absolute Gasteiger partial charge is 0.329 e. The van der Waals surface area contributed by atoms with Gasteiger partial charge in [-0.1, -0.05) is 29.8 Å². The lowest BCUT2D eigenvalue weighted by Gasteiger charge is -2.18. The summed E-state index contributed by atoms with van der Waals surface area (Å²) in [6.07, 6.45) is 0. The summed E-state index contributed by atoms with van der Waals surface area (Å²) >= 11 is 5.28. The average Bonchev–Trinajstić information content (AvgIpc) is 2.16. The lowest BCUT2D eigenvalue weighted by atomic mass is 10.1. The van der Waals surface area contributed by atoms with Crippen molar-refractivity contribution in [3.63, 3.8) is 0 Å². The second-order valence-corrected chi connectivity index (χ2v) is 5.82. The molecular weight excluding hydrogens is 258 g/mol. The molecule has 0 aliphatic carbocycles. The molecule has 14 heavy (non-hydrogen) atoms. The molecule has 78 valence electrons. The van der Waals surface area contributed by atoms with Crippen LogP contribution in [-0.2, 0) is 0 Å². The molecule has 0 spiro atoms. The SMILES string of the molecule is CC(C)C(CN)Sc1ccc(Br)cc1. The molecule has 1 rings (SSSR count). The predicted molar refractivity (Wildman–Crippen MR) is 67.7 cm³/mol. The van der Waals surface area contributed by atoms with Crippen LogP contribution in [0.15, 0.2) is 33.6 Å². The van der Waals surface area contributed by atoms with Gasteiger partial charge in [0.1, 0.15) is 0 Å². The zero-order chi connectivity index (χ0) is 10.6. The van der Waals surface area contributed by atoms with Gasteiger partial charge >= 0.3 is 0 Å². The molecule has 1 aromatic carbocycles. The third kappa shape index (κ3) is 3.64. The Labute approximate surface area is 98.6 Å². The van der Waals surface area contributed by atoms with Crippen LogP contribution in [0, 0.1) is 5.92 Å². The molecule has 0 aliphatic heterocycles. The van der Waals surface area contributed by atoms with Gasteiger partial charge in [-0.15, -0.1) is 11.8 Å². The van der Waals surface area contributed by atoms with E-state index in [1.54, 1.807) is 0 Å². The molecule has 1 aromatic rings. The number of rotatable bonds is 4. The highest BCUT2D eigenvalue weighted by Crippen LogP contribution is 2.28. The van der Waals surface area contributed by atoms with Crippen LogP contribution in [0.25, 0.3) is 0 Å². The van der Waals surface area contributed by atoms with Gasteiger partial charge in [-0.3, -0.25) is 0 Å². The number of thioether (sulfide) groups is 1. The van der Waals surface area contributed by atoms with Crippen molar-refractivity contribution in [2.24, 2.45) is 11.7 Å². The van der Waals surface area contributed by atoms with E-state index >= 15 is 0 Å². The molecule has 1 unspecified atom stereocenters. The van der Waals surface area contributed by atoms with E-state index in [0.29, 0.717) is 11.2 Å². The van der Waals surface area contributed by atoms with Gasteiger partial charge in [0.15, 0.2) is 0 Å². The molecule has 0 fully saturated rings. The van der Waals surface area contributed by atoms with Gasteiger partial charge in [0.05, 0.1) is 0 Å². The zero-order valence-electron chi connectivity index (χ0n) is 8.53. The summed E-state index contributed by atoms with van der Waals surface area (Å²) in [5, 5.41) is 0.510. The van der Waals surface area contributed by atoms with E-state index in [1.165, 1.54) is 4.90 Å². The molecule has 0 saturated carbocycles. The fraction of sp³-hybridized carbons (Fsp3) is 0.455. The van der Waals surface area contributed by atoms with E-state index in [-0.39, 0.29) is 0 Å². The summed E-state index contributed by atoms with van der Waals surface area (Å²) in [4.78, 5) is 1.29. The Bertz CT molecular complexity index is 271. The molecule has 0 aliphatic rings. The van der Waals surface area contributed by atoms with Crippen molar-refractivity contribution in [1.82, 2.24) is 0 Å². The van der Waals surface area contributed by atoms with Crippen molar-refractivity contribution < 1.29 is 0 Å². The maximum absolute atomic E-state index is 5.72. The highest BCUT2D eigenvalue weighted by Gasteiger charge is 2.12. The summed E-state index contributed by atoms with van der Waals surface area (Å²) in [5.41, 5.74) is 5.72. The number of nitrogens with two attached hydrogens (primary N) is 1. The summed E-state index contributed by atoms with van der Waals surface area (Å²) in [6.45, 7) is 5.16.